The van der Waals surface area contributed by atoms with Gasteiger partial charge in [0.2, 0.25) is 5.91 Å². The van der Waals surface area contributed by atoms with Gasteiger partial charge in [0.25, 0.3) is 0 Å². The number of thioether (sulfide) groups is 1. The average molecular weight is 323 g/mol. The number of likely N-dealkylation sites (N-methyl/N-ethyl adjacent to an activating group) is 1. The lowest BCUT2D eigenvalue weighted by Crippen LogP contribution is -2.47. The number of amides is 1. The molecule has 2 atom stereocenters. The maximum atomic E-state index is 12.1. The van der Waals surface area contributed by atoms with Crippen LogP contribution in [-0.2, 0) is 9.53 Å². The van der Waals surface area contributed by atoms with Crippen molar-refractivity contribution in [1.29, 1.82) is 0 Å². The zero-order valence-electron chi connectivity index (χ0n) is 12.3. The van der Waals surface area contributed by atoms with Gasteiger partial charge in [-0.15, -0.1) is 24.2 Å². The first kappa shape index (κ1) is 18.1. The molecule has 2 aliphatic heterocycles. The standard InChI is InChI=1S/C14H26N2O2S.ClH/c1-15-12-5-4-7-16(9-12)14(17)11-19-10-13-6-2-3-8-18-13;/h12-13,15H,2-11H2,1H3;1H. The van der Waals surface area contributed by atoms with Gasteiger partial charge in [0.05, 0.1) is 11.9 Å². The number of rotatable bonds is 5. The first-order chi connectivity index (χ1) is 9.29. The quantitative estimate of drug-likeness (QED) is 0.839. The van der Waals surface area contributed by atoms with E-state index in [2.05, 4.69) is 5.32 Å². The normalized spacial score (nSPS) is 26.9. The van der Waals surface area contributed by atoms with E-state index in [4.69, 9.17) is 4.74 Å². The third-order valence-electron chi connectivity index (χ3n) is 3.99. The second-order valence-corrected chi connectivity index (χ2v) is 6.50. The molecule has 0 radical (unpaired) electrons. The number of carbonyl (C=O) groups is 1. The van der Waals surface area contributed by atoms with Gasteiger partial charge in [-0.2, -0.15) is 0 Å². The monoisotopic (exact) mass is 322 g/mol. The second-order valence-electron chi connectivity index (χ2n) is 5.47. The van der Waals surface area contributed by atoms with Crippen LogP contribution in [0.5, 0.6) is 0 Å². The number of hydrogen-bond donors (Lipinski definition) is 1. The maximum absolute atomic E-state index is 12.1. The number of nitrogens with zero attached hydrogens (tertiary/aromatic N) is 1. The van der Waals surface area contributed by atoms with Gasteiger partial charge in [-0.1, -0.05) is 0 Å². The molecule has 20 heavy (non-hydrogen) atoms. The van der Waals surface area contributed by atoms with E-state index in [0.29, 0.717) is 23.8 Å². The van der Waals surface area contributed by atoms with Crippen LogP contribution >= 0.6 is 24.2 Å². The van der Waals surface area contributed by atoms with Crippen molar-refractivity contribution >= 4 is 30.1 Å². The fourth-order valence-corrected chi connectivity index (χ4v) is 3.75. The van der Waals surface area contributed by atoms with E-state index < -0.39 is 0 Å². The molecule has 0 aliphatic carbocycles. The lowest BCUT2D eigenvalue weighted by atomic mass is 10.1. The van der Waals surface area contributed by atoms with Crippen LogP contribution in [0.2, 0.25) is 0 Å². The van der Waals surface area contributed by atoms with Crippen LogP contribution in [0.25, 0.3) is 0 Å². The molecular formula is C14H27ClN2O2S. The van der Waals surface area contributed by atoms with Crippen molar-refractivity contribution in [2.75, 3.05) is 38.2 Å². The Morgan fingerprint density at radius 3 is 2.90 bits per heavy atom. The highest BCUT2D eigenvalue weighted by atomic mass is 35.5. The molecule has 0 aromatic heterocycles. The smallest absolute Gasteiger partial charge is 0.232 e. The molecule has 0 spiro atoms. The fraction of sp³-hybridized carbons (Fsp3) is 0.929. The van der Waals surface area contributed by atoms with Crippen molar-refractivity contribution in [3.05, 3.63) is 0 Å². The van der Waals surface area contributed by atoms with Crippen LogP contribution in [-0.4, -0.2) is 61.2 Å². The molecule has 4 nitrogen and oxygen atoms in total. The Kier molecular flexibility index (Phi) is 8.93. The van der Waals surface area contributed by atoms with Crippen molar-refractivity contribution in [3.8, 4) is 0 Å². The van der Waals surface area contributed by atoms with Gasteiger partial charge < -0.3 is 15.0 Å². The Labute approximate surface area is 132 Å². The van der Waals surface area contributed by atoms with Gasteiger partial charge in [0, 0.05) is 31.5 Å². The molecule has 2 heterocycles. The molecule has 1 N–H and O–H groups in total. The van der Waals surface area contributed by atoms with Crippen LogP contribution in [0.15, 0.2) is 0 Å². The van der Waals surface area contributed by atoms with Crippen LogP contribution in [0, 0.1) is 0 Å². The molecule has 0 aromatic rings. The predicted octanol–water partition coefficient (Wildman–Crippen LogP) is 1.92. The van der Waals surface area contributed by atoms with Crippen molar-refractivity contribution in [2.45, 2.75) is 44.2 Å². The molecule has 0 saturated carbocycles. The van der Waals surface area contributed by atoms with Gasteiger partial charge >= 0.3 is 0 Å². The Morgan fingerprint density at radius 1 is 1.35 bits per heavy atom. The van der Waals surface area contributed by atoms with Crippen LogP contribution in [0.3, 0.4) is 0 Å². The number of likely N-dealkylation sites (tertiary alicyclic amines) is 1. The van der Waals surface area contributed by atoms with Crippen molar-refractivity contribution in [2.24, 2.45) is 0 Å². The molecule has 1 amide bonds. The van der Waals surface area contributed by atoms with Crippen molar-refractivity contribution in [1.82, 2.24) is 10.2 Å². The van der Waals surface area contributed by atoms with Crippen LogP contribution < -0.4 is 5.32 Å². The summed E-state index contributed by atoms with van der Waals surface area (Å²) in [7, 11) is 1.98. The number of hydrogen-bond acceptors (Lipinski definition) is 4. The average Bonchev–Trinajstić information content (AvgIpc) is 2.48. The van der Waals surface area contributed by atoms with Crippen molar-refractivity contribution in [3.63, 3.8) is 0 Å². The lowest BCUT2D eigenvalue weighted by Gasteiger charge is -2.32. The third-order valence-corrected chi connectivity index (χ3v) is 5.04. The number of nitrogens with one attached hydrogen (secondary N) is 1. The predicted molar refractivity (Wildman–Crippen MR) is 86.8 cm³/mol. The van der Waals surface area contributed by atoms with Crippen molar-refractivity contribution < 1.29 is 9.53 Å². The van der Waals surface area contributed by atoms with Gasteiger partial charge in [-0.25, -0.2) is 0 Å². The van der Waals surface area contributed by atoms with E-state index in [9.17, 15) is 4.79 Å². The van der Waals surface area contributed by atoms with Gasteiger partial charge in [-0.05, 0) is 39.2 Å². The molecule has 0 bridgehead atoms. The Hall–Kier alpha value is 0.0300. The first-order valence-corrected chi connectivity index (χ1v) is 8.59. The summed E-state index contributed by atoms with van der Waals surface area (Å²) in [6.07, 6.45) is 6.30. The van der Waals surface area contributed by atoms with E-state index in [1.54, 1.807) is 11.8 Å². The largest absolute Gasteiger partial charge is 0.377 e. The summed E-state index contributed by atoms with van der Waals surface area (Å²) in [5, 5.41) is 3.28. The minimum Gasteiger partial charge on any atom is -0.377 e. The maximum Gasteiger partial charge on any atom is 0.232 e. The number of halogens is 1. The van der Waals surface area contributed by atoms with E-state index in [1.807, 2.05) is 11.9 Å². The summed E-state index contributed by atoms with van der Waals surface area (Å²) in [5.74, 6) is 1.87. The third kappa shape index (κ3) is 5.80. The van der Waals surface area contributed by atoms with E-state index in [-0.39, 0.29) is 12.4 Å². The molecule has 2 rings (SSSR count). The summed E-state index contributed by atoms with van der Waals surface area (Å²) >= 11 is 1.73. The topological polar surface area (TPSA) is 41.6 Å². The highest BCUT2D eigenvalue weighted by molar-refractivity contribution is 7.99. The zero-order chi connectivity index (χ0) is 13.5. The summed E-state index contributed by atoms with van der Waals surface area (Å²) in [4.78, 5) is 14.2. The minimum absolute atomic E-state index is 0. The summed E-state index contributed by atoms with van der Waals surface area (Å²) < 4.78 is 5.68. The molecule has 2 fully saturated rings. The minimum atomic E-state index is 0. The Morgan fingerprint density at radius 2 is 2.20 bits per heavy atom. The summed E-state index contributed by atoms with van der Waals surface area (Å²) in [5.41, 5.74) is 0. The molecular weight excluding hydrogens is 296 g/mol. The molecule has 2 unspecified atom stereocenters. The number of carbonyl (C=O) groups excluding carboxylic acids is 1. The Bertz CT molecular complexity index is 288. The highest BCUT2D eigenvalue weighted by Gasteiger charge is 2.22. The zero-order valence-corrected chi connectivity index (χ0v) is 13.9. The van der Waals surface area contributed by atoms with Crippen LogP contribution in [0.1, 0.15) is 32.1 Å². The second kappa shape index (κ2) is 9.87. The van der Waals surface area contributed by atoms with Gasteiger partial charge in [-0.3, -0.25) is 4.79 Å². The van der Waals surface area contributed by atoms with E-state index in [0.717, 1.165) is 38.3 Å². The molecule has 0 aromatic carbocycles. The van der Waals surface area contributed by atoms with Crippen LogP contribution in [0.4, 0.5) is 0 Å². The number of piperidine rings is 1. The highest BCUT2D eigenvalue weighted by Crippen LogP contribution is 2.18. The fourth-order valence-electron chi connectivity index (χ4n) is 2.75. The van der Waals surface area contributed by atoms with E-state index >= 15 is 0 Å². The molecule has 118 valence electrons. The van der Waals surface area contributed by atoms with E-state index in [1.165, 1.54) is 19.3 Å². The van der Waals surface area contributed by atoms with Gasteiger partial charge in [0.1, 0.15) is 0 Å². The first-order valence-electron chi connectivity index (χ1n) is 7.44. The van der Waals surface area contributed by atoms with Gasteiger partial charge in [0.15, 0.2) is 0 Å². The Balaban J connectivity index is 0.00000200. The lowest BCUT2D eigenvalue weighted by molar-refractivity contribution is -0.129. The SMILES string of the molecule is CNC1CCCN(C(=O)CSCC2CCCCO2)C1.Cl. The number of ether oxygens (including phenoxy) is 1. The summed E-state index contributed by atoms with van der Waals surface area (Å²) in [6, 6.07) is 0.476. The molecule has 6 heteroatoms. The molecule has 2 aliphatic rings. The molecule has 2 saturated heterocycles. The summed E-state index contributed by atoms with van der Waals surface area (Å²) in [6.45, 7) is 2.70.